The van der Waals surface area contributed by atoms with E-state index in [1.54, 1.807) is 17.5 Å². The fourth-order valence-electron chi connectivity index (χ4n) is 1.14. The summed E-state index contributed by atoms with van der Waals surface area (Å²) in [4.78, 5) is 5.13. The van der Waals surface area contributed by atoms with Gasteiger partial charge in [-0.25, -0.2) is 4.98 Å². The molecule has 1 nitrogen and oxygen atoms in total. The largest absolute Gasteiger partial charge is 0.250 e. The topological polar surface area (TPSA) is 12.9 Å². The Hall–Kier alpha value is -0.240. The highest BCUT2D eigenvalue weighted by Gasteiger charge is 2.27. The molecule has 0 saturated heterocycles. The van der Waals surface area contributed by atoms with Crippen LogP contribution in [0.5, 0.6) is 0 Å². The number of aryl methyl sites for hydroxylation is 1. The summed E-state index contributed by atoms with van der Waals surface area (Å²) >= 11 is 1.58. The van der Waals surface area contributed by atoms with Crippen molar-refractivity contribution in [1.29, 1.82) is 0 Å². The van der Waals surface area contributed by atoms with Gasteiger partial charge in [0.1, 0.15) is 0 Å². The Morgan fingerprint density at radius 2 is 2.23 bits per heavy atom. The summed E-state index contributed by atoms with van der Waals surface area (Å²) in [6, 6.07) is 0. The maximum atomic E-state index is 6.05. The van der Waals surface area contributed by atoms with Gasteiger partial charge in [0.05, 0.1) is 20.7 Å². The van der Waals surface area contributed by atoms with Crippen LogP contribution < -0.4 is 0 Å². The standard InChI is InChI=1S/C9H13B2NS/c1-4-6(2)9(10,11)8-5-12-7(3)13-8/h5-6H,4H2,1-3H3. The average Bonchev–Trinajstić information content (AvgIpc) is 2.50. The molecule has 1 rings (SSSR count). The molecule has 0 saturated carbocycles. The third-order valence-electron chi connectivity index (χ3n) is 2.48. The molecule has 1 heterocycles. The molecule has 1 unspecified atom stereocenters. The fraction of sp³-hybridized carbons (Fsp3) is 0.667. The molecule has 0 bridgehead atoms. The maximum Gasteiger partial charge on any atom is 0.0896 e. The first kappa shape index (κ1) is 10.8. The lowest BCUT2D eigenvalue weighted by Gasteiger charge is -2.30. The monoisotopic (exact) mass is 189 g/mol. The summed E-state index contributed by atoms with van der Waals surface area (Å²) in [5, 5.41) is 0.291. The number of nitrogens with zero attached hydrogens (tertiary/aromatic N) is 1. The molecule has 0 aliphatic carbocycles. The number of rotatable bonds is 3. The molecule has 66 valence electrons. The Balaban J connectivity index is 2.92. The van der Waals surface area contributed by atoms with Crippen LogP contribution in [0.15, 0.2) is 6.20 Å². The van der Waals surface area contributed by atoms with E-state index in [1.807, 2.05) is 6.92 Å². The average molecular weight is 189 g/mol. The zero-order valence-electron chi connectivity index (χ0n) is 8.37. The smallest absolute Gasteiger partial charge is 0.0896 e. The SMILES string of the molecule is [B]C([B])(c1cnc(C)s1)C(C)CC. The molecular weight excluding hydrogens is 176 g/mol. The lowest BCUT2D eigenvalue weighted by molar-refractivity contribution is 0.504. The van der Waals surface area contributed by atoms with Crippen molar-refractivity contribution in [2.75, 3.05) is 0 Å². The molecule has 0 N–H and O–H groups in total. The zero-order chi connectivity index (χ0) is 10.1. The van der Waals surface area contributed by atoms with Gasteiger partial charge >= 0.3 is 0 Å². The van der Waals surface area contributed by atoms with Crippen molar-refractivity contribution in [2.45, 2.75) is 32.4 Å². The molecule has 0 aliphatic heterocycles. The third-order valence-corrected chi connectivity index (χ3v) is 3.56. The van der Waals surface area contributed by atoms with Crippen LogP contribution in [-0.2, 0) is 5.21 Å². The van der Waals surface area contributed by atoms with Crippen LogP contribution in [0.4, 0.5) is 0 Å². The van der Waals surface area contributed by atoms with Crippen molar-refractivity contribution in [1.82, 2.24) is 4.98 Å². The number of thiazole rings is 1. The van der Waals surface area contributed by atoms with Crippen LogP contribution in [0.1, 0.15) is 30.2 Å². The number of hydrogen-bond acceptors (Lipinski definition) is 2. The first-order chi connectivity index (χ1) is 5.98. The molecule has 0 amide bonds. The summed E-state index contributed by atoms with van der Waals surface area (Å²) < 4.78 is 0. The van der Waals surface area contributed by atoms with Gasteiger partial charge in [-0.3, -0.25) is 0 Å². The van der Waals surface area contributed by atoms with Crippen LogP contribution in [0.25, 0.3) is 0 Å². The molecular formula is C9H13B2NS. The predicted octanol–water partition coefficient (Wildman–Crippen LogP) is 1.99. The van der Waals surface area contributed by atoms with E-state index < -0.39 is 5.21 Å². The lowest BCUT2D eigenvalue weighted by Crippen LogP contribution is -2.33. The Morgan fingerprint density at radius 1 is 1.62 bits per heavy atom. The second-order valence-electron chi connectivity index (χ2n) is 3.49. The highest BCUT2D eigenvalue weighted by Crippen LogP contribution is 2.31. The highest BCUT2D eigenvalue weighted by atomic mass is 32.1. The van der Waals surface area contributed by atoms with Crippen molar-refractivity contribution in [3.63, 3.8) is 0 Å². The van der Waals surface area contributed by atoms with E-state index in [0.29, 0.717) is 0 Å². The summed E-state index contributed by atoms with van der Waals surface area (Å²) in [5.41, 5.74) is 0. The Morgan fingerprint density at radius 3 is 2.62 bits per heavy atom. The van der Waals surface area contributed by atoms with Crippen molar-refractivity contribution < 1.29 is 0 Å². The molecule has 1 aromatic rings. The quantitative estimate of drug-likeness (QED) is 0.662. The van der Waals surface area contributed by atoms with Crippen LogP contribution in [0.3, 0.4) is 0 Å². The minimum absolute atomic E-state index is 0.271. The molecule has 0 aliphatic rings. The van der Waals surface area contributed by atoms with Crippen LogP contribution in [0, 0.1) is 12.8 Å². The summed E-state index contributed by atoms with van der Waals surface area (Å²) in [5.74, 6) is 0.271. The molecule has 0 fully saturated rings. The molecule has 4 radical (unpaired) electrons. The Bertz CT molecular complexity index is 283. The minimum Gasteiger partial charge on any atom is -0.250 e. The summed E-state index contributed by atoms with van der Waals surface area (Å²) in [6.45, 7) is 6.11. The molecule has 13 heavy (non-hydrogen) atoms. The van der Waals surface area contributed by atoms with Crippen molar-refractivity contribution in [3.05, 3.63) is 16.1 Å². The van der Waals surface area contributed by atoms with Gasteiger partial charge in [0.25, 0.3) is 0 Å². The van der Waals surface area contributed by atoms with Crippen LogP contribution in [-0.4, -0.2) is 20.7 Å². The lowest BCUT2D eigenvalue weighted by atomic mass is 9.47. The normalized spacial score (nSPS) is 14.4. The molecule has 0 spiro atoms. The van der Waals surface area contributed by atoms with Crippen LogP contribution >= 0.6 is 11.3 Å². The zero-order valence-corrected chi connectivity index (χ0v) is 9.19. The second kappa shape index (κ2) is 3.87. The van der Waals surface area contributed by atoms with Crippen molar-refractivity contribution >= 4 is 27.0 Å². The Labute approximate surface area is 86.8 Å². The van der Waals surface area contributed by atoms with Crippen LogP contribution in [0.2, 0.25) is 0 Å². The van der Waals surface area contributed by atoms with Crippen molar-refractivity contribution in [2.24, 2.45) is 5.92 Å². The van der Waals surface area contributed by atoms with E-state index >= 15 is 0 Å². The maximum absolute atomic E-state index is 6.05. The summed E-state index contributed by atoms with van der Waals surface area (Å²) in [6.07, 6.45) is 2.76. The Kier molecular flexibility index (Phi) is 3.23. The first-order valence-corrected chi connectivity index (χ1v) is 5.30. The van der Waals surface area contributed by atoms with Gasteiger partial charge in [-0.15, -0.1) is 11.3 Å². The van der Waals surface area contributed by atoms with Gasteiger partial charge in [-0.2, -0.15) is 0 Å². The van der Waals surface area contributed by atoms with E-state index in [9.17, 15) is 0 Å². The van der Waals surface area contributed by atoms with E-state index in [-0.39, 0.29) is 5.92 Å². The predicted molar refractivity (Wildman–Crippen MR) is 59.5 cm³/mol. The van der Waals surface area contributed by atoms with E-state index in [0.717, 1.165) is 16.3 Å². The molecule has 0 aromatic carbocycles. The fourth-order valence-corrected chi connectivity index (χ4v) is 2.05. The summed E-state index contributed by atoms with van der Waals surface area (Å²) in [7, 11) is 12.1. The van der Waals surface area contributed by atoms with Gasteiger partial charge in [-0.05, 0) is 12.8 Å². The van der Waals surface area contributed by atoms with E-state index in [4.69, 9.17) is 15.7 Å². The van der Waals surface area contributed by atoms with Gasteiger partial charge in [0.2, 0.25) is 0 Å². The first-order valence-electron chi connectivity index (χ1n) is 4.49. The van der Waals surface area contributed by atoms with Gasteiger partial charge in [0.15, 0.2) is 0 Å². The number of hydrogen-bond donors (Lipinski definition) is 0. The van der Waals surface area contributed by atoms with Gasteiger partial charge in [-0.1, -0.05) is 25.5 Å². The van der Waals surface area contributed by atoms with E-state index in [1.165, 1.54) is 0 Å². The van der Waals surface area contributed by atoms with Gasteiger partial charge in [0, 0.05) is 11.1 Å². The van der Waals surface area contributed by atoms with E-state index in [2.05, 4.69) is 18.8 Å². The highest BCUT2D eigenvalue weighted by molar-refractivity contribution is 7.12. The number of aromatic nitrogens is 1. The molecule has 1 aromatic heterocycles. The molecule has 4 heteroatoms. The van der Waals surface area contributed by atoms with Gasteiger partial charge < -0.3 is 0 Å². The third kappa shape index (κ3) is 2.16. The molecule has 1 atom stereocenters. The van der Waals surface area contributed by atoms with Crippen molar-refractivity contribution in [3.8, 4) is 0 Å². The second-order valence-corrected chi connectivity index (χ2v) is 4.72. The minimum atomic E-state index is -0.722.